The van der Waals surface area contributed by atoms with Gasteiger partial charge in [-0.05, 0) is 39.6 Å². The molecule has 0 heterocycles. The Morgan fingerprint density at radius 2 is 2.00 bits per heavy atom. The van der Waals surface area contributed by atoms with Gasteiger partial charge in [0.2, 0.25) is 0 Å². The van der Waals surface area contributed by atoms with E-state index >= 15 is 0 Å². The molecular weight excluding hydrogens is 172 g/mol. The summed E-state index contributed by atoms with van der Waals surface area (Å²) in [6.45, 7) is 7.55. The van der Waals surface area contributed by atoms with E-state index in [-0.39, 0.29) is 0 Å². The lowest BCUT2D eigenvalue weighted by atomic mass is 10.1. The molecule has 0 saturated carbocycles. The second-order valence-corrected chi connectivity index (χ2v) is 3.74. The largest absolute Gasteiger partial charge is 0.330 e. The van der Waals surface area contributed by atoms with Gasteiger partial charge in [-0.2, -0.15) is 0 Å². The van der Waals surface area contributed by atoms with Crippen LogP contribution in [-0.4, -0.2) is 32.1 Å². The van der Waals surface area contributed by atoms with E-state index in [1.165, 1.54) is 11.1 Å². The molecule has 2 heteroatoms. The van der Waals surface area contributed by atoms with E-state index < -0.39 is 0 Å². The second-order valence-electron chi connectivity index (χ2n) is 3.74. The van der Waals surface area contributed by atoms with Crippen LogP contribution >= 0.6 is 0 Å². The van der Waals surface area contributed by atoms with Gasteiger partial charge < -0.3 is 10.6 Å². The van der Waals surface area contributed by atoms with Crippen LogP contribution in [-0.2, 0) is 0 Å². The zero-order valence-corrected chi connectivity index (χ0v) is 9.59. The quantitative estimate of drug-likeness (QED) is 0.655. The van der Waals surface area contributed by atoms with Gasteiger partial charge in [0.05, 0.1) is 0 Å². The molecule has 2 nitrogen and oxygen atoms in total. The highest BCUT2D eigenvalue weighted by atomic mass is 15.0. The summed E-state index contributed by atoms with van der Waals surface area (Å²) >= 11 is 0. The van der Waals surface area contributed by atoms with Crippen molar-refractivity contribution >= 4 is 0 Å². The molecule has 0 amide bonds. The minimum atomic E-state index is 0.679. The van der Waals surface area contributed by atoms with E-state index in [1.54, 1.807) is 0 Å². The van der Waals surface area contributed by atoms with E-state index in [0.717, 1.165) is 13.0 Å². The summed E-state index contributed by atoms with van der Waals surface area (Å²) in [5.41, 5.74) is 8.01. The normalized spacial score (nSPS) is 13.5. The van der Waals surface area contributed by atoms with Crippen molar-refractivity contribution in [3.05, 3.63) is 36.0 Å². The summed E-state index contributed by atoms with van der Waals surface area (Å²) < 4.78 is 0. The molecule has 0 unspecified atom stereocenters. The van der Waals surface area contributed by atoms with Crippen molar-refractivity contribution in [1.29, 1.82) is 0 Å². The van der Waals surface area contributed by atoms with Gasteiger partial charge in [0, 0.05) is 6.54 Å². The Kier molecular flexibility index (Phi) is 7.07. The molecule has 0 saturated heterocycles. The summed E-state index contributed by atoms with van der Waals surface area (Å²) in [5, 5.41) is 0. The molecule has 0 aliphatic carbocycles. The fraction of sp³-hybridized carbons (Fsp3) is 0.500. The maximum Gasteiger partial charge on any atom is 0.0187 e. The Morgan fingerprint density at radius 3 is 2.43 bits per heavy atom. The standard InChI is InChI=1S/C12H22N2/c1-5-12(8-9-13)7-6-11(2)10-14(3)4/h5-7H,1,8-10,13H2,2-4H3/b11-6+,12-7+. The van der Waals surface area contributed by atoms with Crippen molar-refractivity contribution in [1.82, 2.24) is 4.90 Å². The number of nitrogens with two attached hydrogens (primary N) is 1. The third kappa shape index (κ3) is 6.63. The second kappa shape index (κ2) is 7.54. The molecule has 0 aromatic heterocycles. The number of hydrogen-bond acceptors (Lipinski definition) is 2. The Balaban J connectivity index is 4.25. The van der Waals surface area contributed by atoms with Crippen LogP contribution in [0.1, 0.15) is 13.3 Å². The van der Waals surface area contributed by atoms with Gasteiger partial charge >= 0.3 is 0 Å². The molecule has 0 aromatic rings. The van der Waals surface area contributed by atoms with Crippen LogP contribution in [0.2, 0.25) is 0 Å². The molecule has 0 fully saturated rings. The highest BCUT2D eigenvalue weighted by Gasteiger charge is 1.91. The molecular formula is C12H22N2. The van der Waals surface area contributed by atoms with Gasteiger partial charge in [-0.25, -0.2) is 0 Å². The van der Waals surface area contributed by atoms with Crippen LogP contribution < -0.4 is 5.73 Å². The van der Waals surface area contributed by atoms with Gasteiger partial charge in [-0.1, -0.05) is 30.4 Å². The van der Waals surface area contributed by atoms with Crippen molar-refractivity contribution in [3.63, 3.8) is 0 Å². The average Bonchev–Trinajstić information content (AvgIpc) is 2.11. The predicted molar refractivity (Wildman–Crippen MR) is 64.3 cm³/mol. The molecule has 14 heavy (non-hydrogen) atoms. The maximum absolute atomic E-state index is 5.47. The van der Waals surface area contributed by atoms with Crippen LogP contribution in [0.15, 0.2) is 36.0 Å². The highest BCUT2D eigenvalue weighted by molar-refractivity contribution is 5.24. The first-order valence-corrected chi connectivity index (χ1v) is 4.93. The Hall–Kier alpha value is -0.860. The average molecular weight is 194 g/mol. The van der Waals surface area contributed by atoms with E-state index in [1.807, 2.05) is 6.08 Å². The third-order valence-corrected chi connectivity index (χ3v) is 1.84. The zero-order valence-electron chi connectivity index (χ0n) is 9.59. The molecule has 0 aromatic carbocycles. The lowest BCUT2D eigenvalue weighted by molar-refractivity contribution is 0.445. The van der Waals surface area contributed by atoms with Crippen molar-refractivity contribution < 1.29 is 0 Å². The van der Waals surface area contributed by atoms with Crippen LogP contribution in [0, 0.1) is 0 Å². The minimum absolute atomic E-state index is 0.679. The van der Waals surface area contributed by atoms with E-state index in [4.69, 9.17) is 5.73 Å². The van der Waals surface area contributed by atoms with Crippen molar-refractivity contribution in [3.8, 4) is 0 Å². The van der Waals surface area contributed by atoms with Gasteiger partial charge in [0.25, 0.3) is 0 Å². The topological polar surface area (TPSA) is 29.3 Å². The van der Waals surface area contributed by atoms with Crippen LogP contribution in [0.25, 0.3) is 0 Å². The van der Waals surface area contributed by atoms with Crippen LogP contribution in [0.4, 0.5) is 0 Å². The number of allylic oxidation sites excluding steroid dienone is 3. The first-order valence-electron chi connectivity index (χ1n) is 4.93. The number of nitrogens with zero attached hydrogens (tertiary/aromatic N) is 1. The van der Waals surface area contributed by atoms with Crippen molar-refractivity contribution in [2.45, 2.75) is 13.3 Å². The fourth-order valence-electron chi connectivity index (χ4n) is 1.22. The maximum atomic E-state index is 5.47. The van der Waals surface area contributed by atoms with Crippen molar-refractivity contribution in [2.24, 2.45) is 5.73 Å². The van der Waals surface area contributed by atoms with Gasteiger partial charge in [0.15, 0.2) is 0 Å². The monoisotopic (exact) mass is 194 g/mol. The SMILES string of the molecule is C=C/C(=C\C=C(/C)CN(C)C)CCN. The van der Waals surface area contributed by atoms with Crippen LogP contribution in [0.3, 0.4) is 0 Å². The number of rotatable bonds is 6. The number of hydrogen-bond donors (Lipinski definition) is 1. The van der Waals surface area contributed by atoms with Crippen LogP contribution in [0.5, 0.6) is 0 Å². The lowest BCUT2D eigenvalue weighted by Crippen LogP contribution is -2.13. The Bertz CT molecular complexity index is 224. The molecule has 0 aliphatic heterocycles. The summed E-state index contributed by atoms with van der Waals surface area (Å²) in [7, 11) is 4.13. The smallest absolute Gasteiger partial charge is 0.0187 e. The van der Waals surface area contributed by atoms with Gasteiger partial charge in [-0.15, -0.1) is 0 Å². The van der Waals surface area contributed by atoms with E-state index in [0.29, 0.717) is 6.54 Å². The molecule has 0 aliphatic rings. The molecule has 0 atom stereocenters. The van der Waals surface area contributed by atoms with E-state index in [9.17, 15) is 0 Å². The first-order chi connectivity index (χ1) is 6.60. The molecule has 2 N–H and O–H groups in total. The third-order valence-electron chi connectivity index (χ3n) is 1.84. The summed E-state index contributed by atoms with van der Waals surface area (Å²) in [4.78, 5) is 2.15. The summed E-state index contributed by atoms with van der Waals surface area (Å²) in [6, 6.07) is 0. The van der Waals surface area contributed by atoms with E-state index in [2.05, 4.69) is 44.6 Å². The molecule has 0 bridgehead atoms. The predicted octanol–water partition coefficient (Wildman–Crippen LogP) is 1.96. The highest BCUT2D eigenvalue weighted by Crippen LogP contribution is 2.03. The Labute approximate surface area is 87.8 Å². The number of likely N-dealkylation sites (N-methyl/N-ethyl adjacent to an activating group) is 1. The van der Waals surface area contributed by atoms with Gasteiger partial charge in [-0.3, -0.25) is 0 Å². The molecule has 0 radical (unpaired) electrons. The minimum Gasteiger partial charge on any atom is -0.330 e. The van der Waals surface area contributed by atoms with Gasteiger partial charge in [0.1, 0.15) is 0 Å². The zero-order chi connectivity index (χ0) is 11.0. The molecule has 80 valence electrons. The fourth-order valence-corrected chi connectivity index (χ4v) is 1.22. The summed E-state index contributed by atoms with van der Waals surface area (Å²) in [5.74, 6) is 0. The van der Waals surface area contributed by atoms with Crippen molar-refractivity contribution in [2.75, 3.05) is 27.2 Å². The lowest BCUT2D eigenvalue weighted by Gasteiger charge is -2.08. The molecule has 0 rings (SSSR count). The molecule has 0 spiro atoms. The first kappa shape index (κ1) is 13.1. The summed E-state index contributed by atoms with van der Waals surface area (Å²) in [6.07, 6.45) is 6.99. The Morgan fingerprint density at radius 1 is 1.36 bits per heavy atom.